The molecule has 0 unspecified atom stereocenters. The molecule has 1 heterocycles. The monoisotopic (exact) mass is 248 g/mol. The van der Waals surface area contributed by atoms with Gasteiger partial charge in [0.25, 0.3) is 0 Å². The number of benzene rings is 1. The Morgan fingerprint density at radius 2 is 2.12 bits per heavy atom. The number of aliphatic hydroxyl groups excluding tert-OH is 1. The van der Waals surface area contributed by atoms with Crippen molar-refractivity contribution in [2.75, 3.05) is 0 Å². The van der Waals surface area contributed by atoms with Crippen molar-refractivity contribution in [3.8, 4) is 0 Å². The number of halogens is 3. The minimum Gasteiger partial charge on any atom is -0.392 e. The number of fused-ring (bicyclic) bond motifs is 1. The molecule has 0 saturated carbocycles. The number of aliphatic hydroxyl groups is 1. The van der Waals surface area contributed by atoms with Crippen molar-refractivity contribution in [2.45, 2.75) is 17.0 Å². The van der Waals surface area contributed by atoms with Crippen molar-refractivity contribution in [1.82, 2.24) is 9.97 Å². The van der Waals surface area contributed by atoms with E-state index in [0.717, 1.165) is 0 Å². The van der Waals surface area contributed by atoms with Gasteiger partial charge in [-0.1, -0.05) is 0 Å². The van der Waals surface area contributed by atoms with Gasteiger partial charge < -0.3 is 10.1 Å². The van der Waals surface area contributed by atoms with Crippen LogP contribution in [0.1, 0.15) is 5.56 Å². The van der Waals surface area contributed by atoms with Gasteiger partial charge in [0.1, 0.15) is 0 Å². The fourth-order valence-electron chi connectivity index (χ4n) is 1.35. The SMILES string of the molecule is OCc1cc2[nH]cnc2cc1SC(F)(F)F. The normalized spacial score (nSPS) is 12.2. The van der Waals surface area contributed by atoms with Crippen molar-refractivity contribution in [1.29, 1.82) is 0 Å². The Morgan fingerprint density at radius 1 is 1.38 bits per heavy atom. The number of alkyl halides is 3. The van der Waals surface area contributed by atoms with Crippen LogP contribution >= 0.6 is 11.8 Å². The molecule has 0 aliphatic carbocycles. The van der Waals surface area contributed by atoms with Gasteiger partial charge in [0.15, 0.2) is 0 Å². The zero-order valence-electron chi connectivity index (χ0n) is 7.88. The number of thioether (sulfide) groups is 1. The Balaban J connectivity index is 2.48. The minimum atomic E-state index is -4.37. The summed E-state index contributed by atoms with van der Waals surface area (Å²) < 4.78 is 36.7. The van der Waals surface area contributed by atoms with Gasteiger partial charge in [-0.2, -0.15) is 13.2 Å². The van der Waals surface area contributed by atoms with E-state index in [4.69, 9.17) is 5.11 Å². The van der Waals surface area contributed by atoms with E-state index in [-0.39, 0.29) is 22.2 Å². The third-order valence-corrected chi connectivity index (χ3v) is 2.83. The molecular formula is C9H7F3N2OS. The van der Waals surface area contributed by atoms with E-state index in [1.54, 1.807) is 0 Å². The van der Waals surface area contributed by atoms with E-state index in [0.29, 0.717) is 11.0 Å². The zero-order valence-corrected chi connectivity index (χ0v) is 8.69. The molecule has 0 aliphatic heterocycles. The highest BCUT2D eigenvalue weighted by molar-refractivity contribution is 8.00. The van der Waals surface area contributed by atoms with Gasteiger partial charge in [0.2, 0.25) is 0 Å². The third kappa shape index (κ3) is 2.30. The summed E-state index contributed by atoms with van der Waals surface area (Å²) in [7, 11) is 0. The second kappa shape index (κ2) is 3.99. The quantitative estimate of drug-likeness (QED) is 0.803. The lowest BCUT2D eigenvalue weighted by molar-refractivity contribution is -0.0328. The predicted molar refractivity (Wildman–Crippen MR) is 53.9 cm³/mol. The second-order valence-electron chi connectivity index (χ2n) is 3.09. The van der Waals surface area contributed by atoms with Crippen LogP contribution in [0.25, 0.3) is 11.0 Å². The molecule has 0 atom stereocenters. The van der Waals surface area contributed by atoms with Crippen LogP contribution in [-0.4, -0.2) is 20.6 Å². The van der Waals surface area contributed by atoms with E-state index < -0.39 is 12.1 Å². The lowest BCUT2D eigenvalue weighted by atomic mass is 10.2. The second-order valence-corrected chi connectivity index (χ2v) is 4.19. The van der Waals surface area contributed by atoms with Crippen molar-refractivity contribution in [3.05, 3.63) is 24.0 Å². The maximum Gasteiger partial charge on any atom is 0.446 e. The number of aromatic amines is 1. The van der Waals surface area contributed by atoms with Crippen LogP contribution in [-0.2, 0) is 6.61 Å². The van der Waals surface area contributed by atoms with E-state index >= 15 is 0 Å². The molecule has 0 bridgehead atoms. The Morgan fingerprint density at radius 3 is 2.75 bits per heavy atom. The number of imidazole rings is 1. The molecule has 1 aromatic carbocycles. The number of H-pyrrole nitrogens is 1. The van der Waals surface area contributed by atoms with Crippen LogP contribution in [0.5, 0.6) is 0 Å². The lowest BCUT2D eigenvalue weighted by Crippen LogP contribution is -2.01. The molecule has 3 nitrogen and oxygen atoms in total. The average molecular weight is 248 g/mol. The van der Waals surface area contributed by atoms with Crippen LogP contribution in [0.15, 0.2) is 23.4 Å². The lowest BCUT2D eigenvalue weighted by Gasteiger charge is -2.09. The highest BCUT2D eigenvalue weighted by Gasteiger charge is 2.30. The van der Waals surface area contributed by atoms with Crippen LogP contribution in [0, 0.1) is 0 Å². The summed E-state index contributed by atoms with van der Waals surface area (Å²) in [5, 5.41) is 9.00. The topological polar surface area (TPSA) is 48.9 Å². The van der Waals surface area contributed by atoms with Crippen LogP contribution in [0.3, 0.4) is 0 Å². The molecule has 2 rings (SSSR count). The molecule has 2 aromatic rings. The Labute approximate surface area is 92.7 Å². The van der Waals surface area contributed by atoms with Crippen molar-refractivity contribution in [2.24, 2.45) is 0 Å². The molecule has 0 fully saturated rings. The summed E-state index contributed by atoms with van der Waals surface area (Å²) >= 11 is -0.244. The molecule has 2 N–H and O–H groups in total. The molecule has 1 aromatic heterocycles. The number of hydrogen-bond donors (Lipinski definition) is 2. The number of nitrogens with zero attached hydrogens (tertiary/aromatic N) is 1. The summed E-state index contributed by atoms with van der Waals surface area (Å²) in [6, 6.07) is 2.78. The van der Waals surface area contributed by atoms with E-state index in [1.165, 1.54) is 18.5 Å². The van der Waals surface area contributed by atoms with Crippen LogP contribution in [0.4, 0.5) is 13.2 Å². The van der Waals surface area contributed by atoms with Crippen molar-refractivity contribution < 1.29 is 18.3 Å². The fraction of sp³-hybridized carbons (Fsp3) is 0.222. The molecule has 16 heavy (non-hydrogen) atoms. The predicted octanol–water partition coefficient (Wildman–Crippen LogP) is 2.67. The van der Waals surface area contributed by atoms with Gasteiger partial charge >= 0.3 is 5.51 Å². The molecular weight excluding hydrogens is 241 g/mol. The van der Waals surface area contributed by atoms with E-state index in [2.05, 4.69) is 9.97 Å². The first-order chi connectivity index (χ1) is 7.49. The largest absolute Gasteiger partial charge is 0.446 e. The standard InChI is InChI=1S/C9H7F3N2OS/c10-9(11,12)16-8-2-7-6(13-4-14-7)1-5(8)3-15/h1-2,4,15H,3H2,(H,13,14). The summed E-state index contributed by atoms with van der Waals surface area (Å²) in [5.41, 5.74) is -3.08. The molecule has 0 spiro atoms. The molecule has 7 heteroatoms. The highest BCUT2D eigenvalue weighted by Crippen LogP contribution is 2.39. The first-order valence-electron chi connectivity index (χ1n) is 4.32. The van der Waals surface area contributed by atoms with Crippen LogP contribution in [0.2, 0.25) is 0 Å². The first kappa shape index (κ1) is 11.3. The van der Waals surface area contributed by atoms with Gasteiger partial charge in [-0.3, -0.25) is 0 Å². The van der Waals surface area contributed by atoms with Crippen molar-refractivity contribution in [3.63, 3.8) is 0 Å². The Kier molecular flexibility index (Phi) is 2.81. The fourth-order valence-corrected chi connectivity index (χ4v) is 2.03. The molecule has 0 radical (unpaired) electrons. The summed E-state index contributed by atoms with van der Waals surface area (Å²) in [5.74, 6) is 0. The van der Waals surface area contributed by atoms with E-state index in [9.17, 15) is 13.2 Å². The summed E-state index contributed by atoms with van der Waals surface area (Å²) in [4.78, 5) is 6.62. The number of hydrogen-bond acceptors (Lipinski definition) is 3. The first-order valence-corrected chi connectivity index (χ1v) is 5.14. The third-order valence-electron chi connectivity index (χ3n) is 2.00. The Hall–Kier alpha value is -1.21. The summed E-state index contributed by atoms with van der Waals surface area (Å²) in [6.45, 7) is -0.437. The maximum absolute atomic E-state index is 12.2. The smallest absolute Gasteiger partial charge is 0.392 e. The average Bonchev–Trinajstić information content (AvgIpc) is 2.60. The van der Waals surface area contributed by atoms with Gasteiger partial charge in [0.05, 0.1) is 24.0 Å². The molecule has 0 saturated heterocycles. The van der Waals surface area contributed by atoms with Crippen LogP contribution < -0.4 is 0 Å². The Bertz CT molecular complexity index is 509. The van der Waals surface area contributed by atoms with Gasteiger partial charge in [-0.05, 0) is 29.5 Å². The van der Waals surface area contributed by atoms with Crippen molar-refractivity contribution >= 4 is 22.8 Å². The molecule has 0 amide bonds. The molecule has 86 valence electrons. The number of aromatic nitrogens is 2. The minimum absolute atomic E-state index is 0.0189. The zero-order chi connectivity index (χ0) is 11.8. The van der Waals surface area contributed by atoms with E-state index in [1.807, 2.05) is 0 Å². The van der Waals surface area contributed by atoms with Gasteiger partial charge in [-0.25, -0.2) is 4.98 Å². The van der Waals surface area contributed by atoms with Gasteiger partial charge in [0, 0.05) is 4.90 Å². The molecule has 0 aliphatic rings. The summed E-state index contributed by atoms with van der Waals surface area (Å²) in [6.07, 6.45) is 1.40. The number of nitrogens with one attached hydrogen (secondary N) is 1. The highest BCUT2D eigenvalue weighted by atomic mass is 32.2. The maximum atomic E-state index is 12.2. The van der Waals surface area contributed by atoms with Gasteiger partial charge in [-0.15, -0.1) is 0 Å². The number of rotatable bonds is 2.